The Hall–Kier alpha value is -0.120. The molecule has 2 N–H and O–H groups in total. The second-order valence-electron chi connectivity index (χ2n) is 4.97. The summed E-state index contributed by atoms with van der Waals surface area (Å²) in [6.07, 6.45) is 7.61. The topological polar surface area (TPSA) is 49.7 Å². The predicted octanol–water partition coefficient (Wildman–Crippen LogP) is 1.61. The molecule has 0 aromatic rings. The smallest absolute Gasteiger partial charge is 0.0862 e. The summed E-state index contributed by atoms with van der Waals surface area (Å²) in [6.45, 7) is 0. The zero-order valence-corrected chi connectivity index (χ0v) is 9.27. The van der Waals surface area contributed by atoms with Crippen molar-refractivity contribution in [1.82, 2.24) is 0 Å². The minimum Gasteiger partial charge on any atom is -0.393 e. The summed E-state index contributed by atoms with van der Waals surface area (Å²) >= 11 is 0. The zero-order valence-electron chi connectivity index (χ0n) is 9.27. The maximum absolute atomic E-state index is 9.78. The van der Waals surface area contributed by atoms with Crippen molar-refractivity contribution in [2.24, 2.45) is 0 Å². The molecule has 3 atom stereocenters. The fourth-order valence-corrected chi connectivity index (χ4v) is 2.69. The van der Waals surface area contributed by atoms with E-state index in [9.17, 15) is 10.2 Å². The summed E-state index contributed by atoms with van der Waals surface area (Å²) in [5, 5.41) is 19.3. The molecule has 2 aliphatic carbocycles. The monoisotopic (exact) mass is 214 g/mol. The first-order valence-electron chi connectivity index (χ1n) is 6.27. The molecular formula is C12H22O3. The normalized spacial score (nSPS) is 39.2. The van der Waals surface area contributed by atoms with Crippen LogP contribution >= 0.6 is 0 Å². The van der Waals surface area contributed by atoms with Gasteiger partial charge in [-0.2, -0.15) is 0 Å². The van der Waals surface area contributed by atoms with Crippen LogP contribution in [0.2, 0.25) is 0 Å². The summed E-state index contributed by atoms with van der Waals surface area (Å²) in [6, 6.07) is 0. The molecule has 0 heterocycles. The molecule has 0 amide bonds. The van der Waals surface area contributed by atoms with Gasteiger partial charge in [-0.3, -0.25) is 0 Å². The van der Waals surface area contributed by atoms with Gasteiger partial charge < -0.3 is 14.9 Å². The lowest BCUT2D eigenvalue weighted by atomic mass is 9.91. The molecular weight excluding hydrogens is 192 g/mol. The molecule has 2 rings (SSSR count). The van der Waals surface area contributed by atoms with Gasteiger partial charge in [0.25, 0.3) is 0 Å². The third kappa shape index (κ3) is 3.16. The lowest BCUT2D eigenvalue weighted by Crippen LogP contribution is -2.40. The lowest BCUT2D eigenvalue weighted by Gasteiger charge is -2.34. The SMILES string of the molecule is OC1CCC(O)C(OC2CCCCC2)C1. The molecule has 0 bridgehead atoms. The second-order valence-corrected chi connectivity index (χ2v) is 4.97. The molecule has 3 nitrogen and oxygen atoms in total. The Bertz CT molecular complexity index is 189. The number of aliphatic hydroxyl groups is 2. The summed E-state index contributed by atoms with van der Waals surface area (Å²) in [4.78, 5) is 0. The van der Waals surface area contributed by atoms with E-state index in [2.05, 4.69) is 0 Å². The average Bonchev–Trinajstić information content (AvgIpc) is 2.25. The highest BCUT2D eigenvalue weighted by Gasteiger charge is 2.31. The maximum Gasteiger partial charge on any atom is 0.0862 e. The Labute approximate surface area is 91.4 Å². The standard InChI is InChI=1S/C12H22O3/c13-9-6-7-11(14)12(8-9)15-10-4-2-1-3-5-10/h9-14H,1-8H2. The van der Waals surface area contributed by atoms with E-state index in [0.717, 1.165) is 12.8 Å². The number of aliphatic hydroxyl groups excluding tert-OH is 2. The Morgan fingerprint density at radius 2 is 1.60 bits per heavy atom. The predicted molar refractivity (Wildman–Crippen MR) is 57.6 cm³/mol. The van der Waals surface area contributed by atoms with Crippen LogP contribution in [-0.4, -0.2) is 34.6 Å². The number of hydrogen-bond donors (Lipinski definition) is 2. The molecule has 0 saturated heterocycles. The van der Waals surface area contributed by atoms with Gasteiger partial charge in [0.05, 0.1) is 24.4 Å². The molecule has 0 aliphatic heterocycles. The molecule has 88 valence electrons. The first-order valence-corrected chi connectivity index (χ1v) is 6.27. The largest absolute Gasteiger partial charge is 0.393 e. The second kappa shape index (κ2) is 5.28. The van der Waals surface area contributed by atoms with Gasteiger partial charge in [0.2, 0.25) is 0 Å². The van der Waals surface area contributed by atoms with Crippen LogP contribution in [0.4, 0.5) is 0 Å². The Balaban J connectivity index is 1.80. The van der Waals surface area contributed by atoms with Crippen molar-refractivity contribution in [2.75, 3.05) is 0 Å². The van der Waals surface area contributed by atoms with E-state index in [1.165, 1.54) is 19.3 Å². The first-order chi connectivity index (χ1) is 7.25. The van der Waals surface area contributed by atoms with Crippen molar-refractivity contribution in [2.45, 2.75) is 75.8 Å². The minimum absolute atomic E-state index is 0.128. The number of ether oxygens (including phenoxy) is 1. The van der Waals surface area contributed by atoms with Crippen LogP contribution in [0.15, 0.2) is 0 Å². The van der Waals surface area contributed by atoms with Crippen LogP contribution in [0.5, 0.6) is 0 Å². The van der Waals surface area contributed by atoms with Gasteiger partial charge in [0, 0.05) is 6.42 Å². The number of rotatable bonds is 2. The van der Waals surface area contributed by atoms with E-state index in [-0.39, 0.29) is 18.3 Å². The van der Waals surface area contributed by atoms with Gasteiger partial charge in [-0.05, 0) is 25.7 Å². The van der Waals surface area contributed by atoms with Crippen LogP contribution in [0.1, 0.15) is 51.4 Å². The number of hydrogen-bond acceptors (Lipinski definition) is 3. The van der Waals surface area contributed by atoms with Crippen molar-refractivity contribution in [1.29, 1.82) is 0 Å². The highest BCUT2D eigenvalue weighted by molar-refractivity contribution is 4.81. The third-order valence-corrected chi connectivity index (χ3v) is 3.65. The fraction of sp³-hybridized carbons (Fsp3) is 1.00. The molecule has 2 saturated carbocycles. The van der Waals surface area contributed by atoms with Gasteiger partial charge in [0.1, 0.15) is 0 Å². The molecule has 2 fully saturated rings. The van der Waals surface area contributed by atoms with Gasteiger partial charge >= 0.3 is 0 Å². The van der Waals surface area contributed by atoms with E-state index in [0.29, 0.717) is 25.4 Å². The average molecular weight is 214 g/mol. The van der Waals surface area contributed by atoms with Crippen molar-refractivity contribution < 1.29 is 14.9 Å². The van der Waals surface area contributed by atoms with Gasteiger partial charge in [-0.15, -0.1) is 0 Å². The van der Waals surface area contributed by atoms with E-state index in [1.54, 1.807) is 0 Å². The van der Waals surface area contributed by atoms with E-state index < -0.39 is 0 Å². The van der Waals surface area contributed by atoms with Gasteiger partial charge in [-0.25, -0.2) is 0 Å². The third-order valence-electron chi connectivity index (χ3n) is 3.65. The molecule has 0 aromatic carbocycles. The van der Waals surface area contributed by atoms with Crippen LogP contribution in [0.3, 0.4) is 0 Å². The highest BCUT2D eigenvalue weighted by Crippen LogP contribution is 2.27. The first kappa shape index (κ1) is 11.4. The molecule has 15 heavy (non-hydrogen) atoms. The molecule has 2 aliphatic rings. The summed E-state index contributed by atoms with van der Waals surface area (Å²) < 4.78 is 5.90. The quantitative estimate of drug-likeness (QED) is 0.734. The van der Waals surface area contributed by atoms with Crippen molar-refractivity contribution in [3.05, 3.63) is 0 Å². The Kier molecular flexibility index (Phi) is 4.00. The maximum atomic E-state index is 9.78. The van der Waals surface area contributed by atoms with Gasteiger partial charge in [0.15, 0.2) is 0 Å². The summed E-state index contributed by atoms with van der Waals surface area (Å²) in [5.41, 5.74) is 0. The molecule has 0 spiro atoms. The van der Waals surface area contributed by atoms with Crippen LogP contribution in [0.25, 0.3) is 0 Å². The van der Waals surface area contributed by atoms with Crippen molar-refractivity contribution >= 4 is 0 Å². The van der Waals surface area contributed by atoms with Crippen LogP contribution in [-0.2, 0) is 4.74 Å². The zero-order chi connectivity index (χ0) is 10.7. The molecule has 0 radical (unpaired) electrons. The van der Waals surface area contributed by atoms with Gasteiger partial charge in [-0.1, -0.05) is 19.3 Å². The van der Waals surface area contributed by atoms with E-state index >= 15 is 0 Å². The van der Waals surface area contributed by atoms with Crippen LogP contribution < -0.4 is 0 Å². The molecule has 3 heteroatoms. The Morgan fingerprint density at radius 1 is 0.867 bits per heavy atom. The summed E-state index contributed by atoms with van der Waals surface area (Å²) in [5.74, 6) is 0. The fourth-order valence-electron chi connectivity index (χ4n) is 2.69. The van der Waals surface area contributed by atoms with Crippen molar-refractivity contribution in [3.8, 4) is 0 Å². The highest BCUT2D eigenvalue weighted by atomic mass is 16.5. The minimum atomic E-state index is -0.365. The van der Waals surface area contributed by atoms with Crippen molar-refractivity contribution in [3.63, 3.8) is 0 Å². The molecule has 3 unspecified atom stereocenters. The van der Waals surface area contributed by atoms with E-state index in [1.807, 2.05) is 0 Å². The lowest BCUT2D eigenvalue weighted by molar-refractivity contribution is -0.123. The molecule has 0 aromatic heterocycles. The summed E-state index contributed by atoms with van der Waals surface area (Å²) in [7, 11) is 0. The van der Waals surface area contributed by atoms with E-state index in [4.69, 9.17) is 4.74 Å². The van der Waals surface area contributed by atoms with Crippen LogP contribution in [0, 0.1) is 0 Å². The Morgan fingerprint density at radius 3 is 2.33 bits per heavy atom.